The molecule has 0 aromatic rings. The topological polar surface area (TPSA) is 171 Å². The predicted octanol–water partition coefficient (Wildman–Crippen LogP) is -1.64. The number of hydrogen-bond acceptors (Lipinski definition) is 9. The lowest BCUT2D eigenvalue weighted by atomic mass is 10.7. The fourth-order valence-corrected chi connectivity index (χ4v) is 0.852. The van der Waals surface area contributed by atoms with Crippen molar-refractivity contribution < 1.29 is 38.1 Å². The van der Waals surface area contributed by atoms with E-state index < -0.39 is 31.0 Å². The van der Waals surface area contributed by atoms with E-state index in [1.165, 1.54) is 14.0 Å². The molecule has 5 N–H and O–H groups in total. The molecule has 0 unspecified atom stereocenters. The third kappa shape index (κ3) is 11.5. The molecule has 4 amide bonds. The Labute approximate surface area is 131 Å². The van der Waals surface area contributed by atoms with Crippen LogP contribution in [-0.2, 0) is 23.7 Å². The maximum absolute atomic E-state index is 11.1. The molecule has 0 aliphatic carbocycles. The van der Waals surface area contributed by atoms with Crippen molar-refractivity contribution >= 4 is 24.2 Å². The Morgan fingerprint density at radius 1 is 0.913 bits per heavy atom. The summed E-state index contributed by atoms with van der Waals surface area (Å²) in [5.74, 6) is 4.76. The molecule has 0 fully saturated rings. The van der Waals surface area contributed by atoms with E-state index in [4.69, 9.17) is 5.84 Å². The van der Waals surface area contributed by atoms with E-state index >= 15 is 0 Å². The van der Waals surface area contributed by atoms with Gasteiger partial charge in [-0.1, -0.05) is 0 Å². The summed E-state index contributed by atoms with van der Waals surface area (Å²) < 4.78 is 17.9. The number of amides is 4. The van der Waals surface area contributed by atoms with Crippen LogP contribution in [0.2, 0.25) is 0 Å². The van der Waals surface area contributed by atoms with E-state index in [0.717, 1.165) is 5.01 Å². The van der Waals surface area contributed by atoms with Crippen molar-refractivity contribution in [2.75, 3.05) is 34.0 Å². The lowest BCUT2D eigenvalue weighted by Crippen LogP contribution is -2.45. The molecule has 0 aliphatic heterocycles. The molecule has 0 saturated heterocycles. The minimum atomic E-state index is -0.950. The normalized spacial score (nSPS) is 9.35. The zero-order valence-corrected chi connectivity index (χ0v) is 12.6. The third-order valence-corrected chi connectivity index (χ3v) is 1.95. The number of alkyl carbamates (subject to hydrolysis) is 3. The Hall–Kier alpha value is -2.80. The largest absolute Gasteiger partial charge is 0.422 e. The zero-order chi connectivity index (χ0) is 17.7. The fraction of sp³-hybridized carbons (Fsp3) is 0.600. The number of hydrazine groups is 1. The van der Waals surface area contributed by atoms with Crippen LogP contribution in [0.25, 0.3) is 0 Å². The maximum atomic E-state index is 11.1. The summed E-state index contributed by atoms with van der Waals surface area (Å²) in [5.41, 5.74) is 0. The van der Waals surface area contributed by atoms with Gasteiger partial charge in [0.05, 0.1) is 6.67 Å². The van der Waals surface area contributed by atoms with Gasteiger partial charge in [-0.25, -0.2) is 20.2 Å². The van der Waals surface area contributed by atoms with Crippen molar-refractivity contribution in [3.8, 4) is 0 Å². The highest BCUT2D eigenvalue weighted by Crippen LogP contribution is 1.83. The Balaban J connectivity index is 3.64. The van der Waals surface area contributed by atoms with E-state index in [-0.39, 0.29) is 20.1 Å². The highest BCUT2D eigenvalue weighted by atomic mass is 16.7. The first-order valence-corrected chi connectivity index (χ1v) is 6.10. The molecule has 0 aromatic carbocycles. The number of carbonyl (C=O) groups excluding carboxylic acids is 4. The first-order chi connectivity index (χ1) is 10.9. The lowest BCUT2D eigenvalue weighted by Gasteiger charge is -2.14. The Morgan fingerprint density at radius 2 is 1.39 bits per heavy atom. The van der Waals surface area contributed by atoms with Gasteiger partial charge in [0.1, 0.15) is 6.67 Å². The second kappa shape index (κ2) is 11.8. The van der Waals surface area contributed by atoms with Gasteiger partial charge in [0.2, 0.25) is 12.7 Å². The van der Waals surface area contributed by atoms with Crippen LogP contribution in [0, 0.1) is 0 Å². The summed E-state index contributed by atoms with van der Waals surface area (Å²) in [7, 11) is 1.34. The van der Waals surface area contributed by atoms with E-state index in [9.17, 15) is 19.2 Å². The molecule has 0 radical (unpaired) electrons. The molecule has 23 heavy (non-hydrogen) atoms. The predicted molar refractivity (Wildman–Crippen MR) is 72.0 cm³/mol. The zero-order valence-electron chi connectivity index (χ0n) is 12.6. The molecule has 0 aromatic heterocycles. The Bertz CT molecular complexity index is 418. The number of nitrogens with two attached hydrogens (primary N) is 1. The molecule has 0 rings (SSSR count). The average molecular weight is 337 g/mol. The Morgan fingerprint density at radius 3 is 1.87 bits per heavy atom. The van der Waals surface area contributed by atoms with Gasteiger partial charge in [0.25, 0.3) is 0 Å². The minimum absolute atomic E-state index is 0.233. The van der Waals surface area contributed by atoms with Crippen molar-refractivity contribution in [2.45, 2.75) is 6.92 Å². The second-order valence-electron chi connectivity index (χ2n) is 3.67. The monoisotopic (exact) mass is 337 g/mol. The summed E-state index contributed by atoms with van der Waals surface area (Å²) in [6.07, 6.45) is -2.70. The number of methoxy groups -OCH3 is 1. The molecule has 0 heterocycles. The van der Waals surface area contributed by atoms with Gasteiger partial charge in [-0.2, -0.15) is 0 Å². The number of carbonyl (C=O) groups is 4. The quantitative estimate of drug-likeness (QED) is 0.175. The molecule has 13 heteroatoms. The van der Waals surface area contributed by atoms with Crippen LogP contribution in [0.15, 0.2) is 0 Å². The molecular weight excluding hydrogens is 318 g/mol. The maximum Gasteiger partial charge on any atom is 0.411 e. The van der Waals surface area contributed by atoms with Crippen LogP contribution in [0.3, 0.4) is 0 Å². The van der Waals surface area contributed by atoms with Crippen molar-refractivity contribution in [2.24, 2.45) is 5.84 Å². The summed E-state index contributed by atoms with van der Waals surface area (Å²) in [4.78, 5) is 44.0. The number of hydrogen-bond donors (Lipinski definition) is 4. The lowest BCUT2D eigenvalue weighted by molar-refractivity contribution is -0.129. The summed E-state index contributed by atoms with van der Waals surface area (Å²) in [6, 6.07) is 0. The highest BCUT2D eigenvalue weighted by molar-refractivity contribution is 5.73. The molecule has 0 bridgehead atoms. The summed E-state index contributed by atoms with van der Waals surface area (Å²) >= 11 is 0. The molecule has 0 spiro atoms. The molecule has 0 aliphatic rings. The molecular formula is C10H19N5O8. The summed E-state index contributed by atoms with van der Waals surface area (Å²) in [6.45, 7) is -0.249. The van der Waals surface area contributed by atoms with Crippen LogP contribution in [0.4, 0.5) is 14.4 Å². The van der Waals surface area contributed by atoms with Crippen molar-refractivity contribution in [1.29, 1.82) is 0 Å². The average Bonchev–Trinajstić information content (AvgIpc) is 2.50. The van der Waals surface area contributed by atoms with Gasteiger partial charge < -0.3 is 34.9 Å². The van der Waals surface area contributed by atoms with Gasteiger partial charge in [0.15, 0.2) is 6.79 Å². The molecule has 132 valence electrons. The molecule has 0 atom stereocenters. The fourth-order valence-electron chi connectivity index (χ4n) is 0.852. The van der Waals surface area contributed by atoms with E-state index in [1.54, 1.807) is 0 Å². The number of ether oxygens (including phenoxy) is 4. The number of rotatable bonds is 8. The van der Waals surface area contributed by atoms with Crippen molar-refractivity contribution in [1.82, 2.24) is 21.0 Å². The SMILES string of the molecule is COCOC(=O)NCNC(=O)OCOC(=O)NCN(N)C(C)=O. The van der Waals surface area contributed by atoms with Gasteiger partial charge in [-0.05, 0) is 0 Å². The Kier molecular flexibility index (Phi) is 10.4. The van der Waals surface area contributed by atoms with Crippen molar-refractivity contribution in [3.05, 3.63) is 0 Å². The highest BCUT2D eigenvalue weighted by Gasteiger charge is 2.08. The van der Waals surface area contributed by atoms with E-state index in [1.807, 2.05) is 0 Å². The van der Waals surface area contributed by atoms with Crippen LogP contribution in [-0.4, -0.2) is 63.2 Å². The van der Waals surface area contributed by atoms with E-state index in [2.05, 4.69) is 34.9 Å². The second-order valence-corrected chi connectivity index (χ2v) is 3.67. The first kappa shape index (κ1) is 20.2. The first-order valence-electron chi connectivity index (χ1n) is 6.10. The van der Waals surface area contributed by atoms with Gasteiger partial charge in [-0.15, -0.1) is 0 Å². The van der Waals surface area contributed by atoms with Gasteiger partial charge in [0, 0.05) is 14.0 Å². The van der Waals surface area contributed by atoms with Gasteiger partial charge in [-0.3, -0.25) is 9.80 Å². The van der Waals surface area contributed by atoms with Crippen LogP contribution < -0.4 is 21.8 Å². The standard InChI is InChI=1S/C10H19N5O8/c1-7(16)15(11)4-14-10(19)23-6-22-9(18)13-3-12-8(17)21-5-20-2/h3-6,11H2,1-2H3,(H,12,17)(H,13,18)(H,14,19). The van der Waals surface area contributed by atoms with Crippen molar-refractivity contribution in [3.63, 3.8) is 0 Å². The van der Waals surface area contributed by atoms with Crippen LogP contribution >= 0.6 is 0 Å². The molecule has 13 nitrogen and oxygen atoms in total. The van der Waals surface area contributed by atoms with Crippen LogP contribution in [0.1, 0.15) is 6.92 Å². The number of nitrogens with one attached hydrogen (secondary N) is 3. The number of nitrogens with zero attached hydrogens (tertiary/aromatic N) is 1. The third-order valence-electron chi connectivity index (χ3n) is 1.95. The minimum Gasteiger partial charge on any atom is -0.422 e. The van der Waals surface area contributed by atoms with Gasteiger partial charge >= 0.3 is 18.3 Å². The summed E-state index contributed by atoms with van der Waals surface area (Å²) in [5, 5.41) is 7.17. The van der Waals surface area contributed by atoms with E-state index in [0.29, 0.717) is 0 Å². The van der Waals surface area contributed by atoms with Crippen LogP contribution in [0.5, 0.6) is 0 Å². The smallest absolute Gasteiger partial charge is 0.411 e. The molecule has 0 saturated carbocycles.